The molecule has 0 radical (unpaired) electrons. The summed E-state index contributed by atoms with van der Waals surface area (Å²) in [6, 6.07) is 7.72. The SMILES string of the molecule is CC(C)c1ccn([C@@H]2C[C@H](Oc3cccc4c3CNCC4)[C@@H](O)[C@H]2O)c1N=CN. The molecule has 5 N–H and O–H groups in total. The summed E-state index contributed by atoms with van der Waals surface area (Å²) in [5.41, 5.74) is 9.04. The van der Waals surface area contributed by atoms with Crippen LogP contribution in [0.2, 0.25) is 0 Å². The summed E-state index contributed by atoms with van der Waals surface area (Å²) in [5.74, 6) is 1.77. The molecule has 1 aromatic heterocycles. The molecule has 2 aromatic rings. The number of ether oxygens (including phenoxy) is 1. The van der Waals surface area contributed by atoms with Gasteiger partial charge in [-0.15, -0.1) is 0 Å². The van der Waals surface area contributed by atoms with E-state index in [0.29, 0.717) is 6.42 Å². The van der Waals surface area contributed by atoms with E-state index in [9.17, 15) is 10.2 Å². The lowest BCUT2D eigenvalue weighted by Gasteiger charge is -2.24. The Morgan fingerprint density at radius 2 is 2.10 bits per heavy atom. The monoisotopic (exact) mass is 398 g/mol. The number of hydrogen-bond donors (Lipinski definition) is 4. The van der Waals surface area contributed by atoms with Gasteiger partial charge < -0.3 is 30.6 Å². The van der Waals surface area contributed by atoms with Crippen LogP contribution >= 0.6 is 0 Å². The van der Waals surface area contributed by atoms with Gasteiger partial charge in [0.2, 0.25) is 0 Å². The molecular weight excluding hydrogens is 368 g/mol. The third-order valence-electron chi connectivity index (χ3n) is 6.07. The predicted octanol–water partition coefficient (Wildman–Crippen LogP) is 1.99. The highest BCUT2D eigenvalue weighted by Gasteiger charge is 2.45. The lowest BCUT2D eigenvalue weighted by Crippen LogP contribution is -2.34. The normalized spacial score (nSPS) is 26.9. The maximum atomic E-state index is 10.8. The Bertz CT molecular complexity index is 892. The second kappa shape index (κ2) is 8.18. The Balaban J connectivity index is 1.60. The van der Waals surface area contributed by atoms with Crippen molar-refractivity contribution in [3.8, 4) is 5.75 Å². The largest absolute Gasteiger partial charge is 0.487 e. The molecule has 2 aliphatic rings. The van der Waals surface area contributed by atoms with Gasteiger partial charge >= 0.3 is 0 Å². The fourth-order valence-corrected chi connectivity index (χ4v) is 4.50. The number of aliphatic imine (C=N–C) groups is 1. The second-order valence-electron chi connectivity index (χ2n) is 8.20. The van der Waals surface area contributed by atoms with Crippen LogP contribution in [0.15, 0.2) is 35.5 Å². The van der Waals surface area contributed by atoms with Gasteiger partial charge in [-0.05, 0) is 42.1 Å². The summed E-state index contributed by atoms with van der Waals surface area (Å²) in [7, 11) is 0. The summed E-state index contributed by atoms with van der Waals surface area (Å²) >= 11 is 0. The molecule has 29 heavy (non-hydrogen) atoms. The number of rotatable bonds is 5. The van der Waals surface area contributed by atoms with E-state index in [2.05, 4.69) is 30.2 Å². The van der Waals surface area contributed by atoms with Crippen molar-refractivity contribution >= 4 is 12.2 Å². The fourth-order valence-electron chi connectivity index (χ4n) is 4.50. The lowest BCUT2D eigenvalue weighted by atomic mass is 10.0. The quantitative estimate of drug-likeness (QED) is 0.455. The first kappa shape index (κ1) is 19.9. The molecule has 1 aromatic carbocycles. The molecule has 1 saturated carbocycles. The van der Waals surface area contributed by atoms with Crippen LogP contribution in [0.25, 0.3) is 0 Å². The van der Waals surface area contributed by atoms with Crippen molar-refractivity contribution in [2.45, 2.75) is 63.5 Å². The molecule has 7 nitrogen and oxygen atoms in total. The van der Waals surface area contributed by atoms with Crippen molar-refractivity contribution in [3.63, 3.8) is 0 Å². The van der Waals surface area contributed by atoms with Gasteiger partial charge in [0.1, 0.15) is 29.9 Å². The molecule has 7 heteroatoms. The maximum Gasteiger partial charge on any atom is 0.138 e. The number of benzene rings is 1. The van der Waals surface area contributed by atoms with E-state index < -0.39 is 18.3 Å². The first-order valence-electron chi connectivity index (χ1n) is 10.3. The topological polar surface area (TPSA) is 105 Å². The molecule has 4 rings (SSSR count). The van der Waals surface area contributed by atoms with Crippen molar-refractivity contribution in [2.24, 2.45) is 10.7 Å². The molecule has 4 atom stereocenters. The number of aromatic nitrogens is 1. The third-order valence-corrected chi connectivity index (χ3v) is 6.07. The minimum Gasteiger partial charge on any atom is -0.487 e. The van der Waals surface area contributed by atoms with Gasteiger partial charge in [0.15, 0.2) is 0 Å². The average molecular weight is 399 g/mol. The van der Waals surface area contributed by atoms with Crippen molar-refractivity contribution in [1.82, 2.24) is 9.88 Å². The van der Waals surface area contributed by atoms with E-state index in [1.165, 1.54) is 11.9 Å². The molecule has 0 bridgehead atoms. The van der Waals surface area contributed by atoms with Gasteiger partial charge in [0, 0.05) is 24.7 Å². The highest BCUT2D eigenvalue weighted by molar-refractivity contribution is 5.60. The Morgan fingerprint density at radius 3 is 2.86 bits per heavy atom. The number of aliphatic hydroxyl groups is 2. The Hall–Kier alpha value is -2.35. The van der Waals surface area contributed by atoms with Crippen LogP contribution in [-0.2, 0) is 13.0 Å². The van der Waals surface area contributed by atoms with Crippen LogP contribution < -0.4 is 15.8 Å². The summed E-state index contributed by atoms with van der Waals surface area (Å²) in [6.45, 7) is 5.89. The number of hydrogen-bond acceptors (Lipinski definition) is 5. The molecule has 2 heterocycles. The van der Waals surface area contributed by atoms with Gasteiger partial charge in [-0.1, -0.05) is 26.0 Å². The minimum atomic E-state index is -0.980. The molecule has 1 aliphatic carbocycles. The molecule has 156 valence electrons. The van der Waals surface area contributed by atoms with Crippen LogP contribution in [0.3, 0.4) is 0 Å². The van der Waals surface area contributed by atoms with E-state index in [1.54, 1.807) is 0 Å². The van der Waals surface area contributed by atoms with Crippen LogP contribution in [0.5, 0.6) is 5.75 Å². The van der Waals surface area contributed by atoms with E-state index in [-0.39, 0.29) is 12.0 Å². The molecule has 0 saturated heterocycles. The van der Waals surface area contributed by atoms with Gasteiger partial charge in [-0.3, -0.25) is 0 Å². The van der Waals surface area contributed by atoms with Gasteiger partial charge in [0.25, 0.3) is 0 Å². The van der Waals surface area contributed by atoms with Gasteiger partial charge in [-0.2, -0.15) is 0 Å². The minimum absolute atomic E-state index is 0.272. The number of aliphatic hydroxyl groups excluding tert-OH is 2. The molecule has 0 spiro atoms. The van der Waals surface area contributed by atoms with Crippen molar-refractivity contribution < 1.29 is 14.9 Å². The zero-order valence-electron chi connectivity index (χ0n) is 17.0. The van der Waals surface area contributed by atoms with E-state index in [4.69, 9.17) is 10.5 Å². The van der Waals surface area contributed by atoms with Crippen LogP contribution in [0.1, 0.15) is 48.9 Å². The van der Waals surface area contributed by atoms with Gasteiger partial charge in [-0.25, -0.2) is 4.99 Å². The number of nitrogens with one attached hydrogen (secondary N) is 1. The van der Waals surface area contributed by atoms with E-state index in [0.717, 1.165) is 42.2 Å². The molecule has 0 unspecified atom stereocenters. The number of nitrogens with zero attached hydrogens (tertiary/aromatic N) is 2. The van der Waals surface area contributed by atoms with Crippen molar-refractivity contribution in [3.05, 3.63) is 47.2 Å². The zero-order valence-corrected chi connectivity index (χ0v) is 17.0. The lowest BCUT2D eigenvalue weighted by molar-refractivity contribution is -0.0168. The summed E-state index contributed by atoms with van der Waals surface area (Å²) in [4.78, 5) is 4.33. The fraction of sp³-hybridized carbons (Fsp3) is 0.500. The van der Waals surface area contributed by atoms with Crippen LogP contribution in [0, 0.1) is 0 Å². The smallest absolute Gasteiger partial charge is 0.138 e. The second-order valence-corrected chi connectivity index (χ2v) is 8.20. The average Bonchev–Trinajstić information content (AvgIpc) is 3.25. The Labute approximate surface area is 171 Å². The predicted molar refractivity (Wildman–Crippen MR) is 113 cm³/mol. The summed E-state index contributed by atoms with van der Waals surface area (Å²) < 4.78 is 8.15. The van der Waals surface area contributed by atoms with E-state index >= 15 is 0 Å². The highest BCUT2D eigenvalue weighted by atomic mass is 16.5. The summed E-state index contributed by atoms with van der Waals surface area (Å²) in [6.07, 6.45) is 2.21. The van der Waals surface area contributed by atoms with E-state index in [1.807, 2.05) is 29.0 Å². The standard InChI is InChI=1S/C22H30N4O3/c1-13(2)15-7-9-26(22(15)25-12-23)17-10-19(21(28)20(17)27)29-18-5-3-4-14-6-8-24-11-16(14)18/h3-5,7,9,12-13,17,19-21,24,27-28H,6,8,10-11H2,1-2H3,(H2,23,25)/t17-,19+,20+,21-/m1/s1. The molecule has 1 fully saturated rings. The molecule has 0 amide bonds. The highest BCUT2D eigenvalue weighted by Crippen LogP contribution is 2.40. The number of fused-ring (bicyclic) bond motifs is 1. The van der Waals surface area contributed by atoms with Crippen LogP contribution in [-0.4, -0.2) is 46.0 Å². The zero-order chi connectivity index (χ0) is 20.5. The maximum absolute atomic E-state index is 10.8. The molecule has 1 aliphatic heterocycles. The van der Waals surface area contributed by atoms with Crippen molar-refractivity contribution in [2.75, 3.05) is 6.54 Å². The van der Waals surface area contributed by atoms with Crippen molar-refractivity contribution in [1.29, 1.82) is 0 Å². The first-order valence-corrected chi connectivity index (χ1v) is 10.3. The number of nitrogens with two attached hydrogens (primary N) is 1. The summed E-state index contributed by atoms with van der Waals surface area (Å²) in [5, 5.41) is 24.9. The Kier molecular flexibility index (Phi) is 5.63. The third kappa shape index (κ3) is 3.66. The first-order chi connectivity index (χ1) is 14.0. The van der Waals surface area contributed by atoms with Gasteiger partial charge in [0.05, 0.1) is 12.4 Å². The van der Waals surface area contributed by atoms with Crippen LogP contribution in [0.4, 0.5) is 5.82 Å². The Morgan fingerprint density at radius 1 is 1.28 bits per heavy atom. The molecular formula is C22H30N4O3.